The van der Waals surface area contributed by atoms with Gasteiger partial charge >= 0.3 is 0 Å². The summed E-state index contributed by atoms with van der Waals surface area (Å²) in [5, 5.41) is 21.7. The molecule has 0 spiro atoms. The Hall–Kier alpha value is -2.44. The molecule has 112 valence electrons. The summed E-state index contributed by atoms with van der Waals surface area (Å²) in [6.45, 7) is 0. The average molecular weight is 339 g/mol. The van der Waals surface area contributed by atoms with Gasteiger partial charge in [0, 0.05) is 29.8 Å². The first kappa shape index (κ1) is 15.9. The van der Waals surface area contributed by atoms with E-state index in [4.69, 9.17) is 23.2 Å². The molecule has 6 nitrogen and oxygen atoms in total. The zero-order valence-corrected chi connectivity index (χ0v) is 12.4. The molecule has 2 aromatic carbocycles. The molecule has 0 aliphatic carbocycles. The first-order chi connectivity index (χ1) is 10.4. The maximum Gasteiger partial charge on any atom is 0.270 e. The van der Waals surface area contributed by atoms with Crippen LogP contribution in [0.4, 0.5) is 11.4 Å². The molecule has 0 N–H and O–H groups in total. The Labute approximate surface area is 134 Å². The number of hydrogen-bond acceptors (Lipinski definition) is 4. The van der Waals surface area contributed by atoms with Gasteiger partial charge in [-0.3, -0.25) is 20.2 Å². The molecule has 0 aliphatic rings. The van der Waals surface area contributed by atoms with E-state index in [0.29, 0.717) is 11.1 Å². The second-order valence-corrected chi connectivity index (χ2v) is 5.20. The summed E-state index contributed by atoms with van der Waals surface area (Å²) >= 11 is 11.8. The van der Waals surface area contributed by atoms with Crippen LogP contribution in [0.25, 0.3) is 5.57 Å². The fraction of sp³-hybridized carbons (Fsp3) is 0. The van der Waals surface area contributed by atoms with Crippen molar-refractivity contribution in [1.82, 2.24) is 0 Å². The molecular weight excluding hydrogens is 331 g/mol. The third kappa shape index (κ3) is 3.41. The van der Waals surface area contributed by atoms with Crippen LogP contribution in [0.2, 0.25) is 0 Å². The van der Waals surface area contributed by atoms with Gasteiger partial charge in [0.2, 0.25) is 0 Å². The van der Waals surface area contributed by atoms with Crippen LogP contribution in [-0.4, -0.2) is 9.85 Å². The van der Waals surface area contributed by atoms with Gasteiger partial charge in [-0.1, -0.05) is 47.5 Å². The lowest BCUT2D eigenvalue weighted by molar-refractivity contribution is -0.385. The van der Waals surface area contributed by atoms with E-state index in [1.54, 1.807) is 12.1 Å². The zero-order chi connectivity index (χ0) is 16.3. The third-order valence-electron chi connectivity index (χ3n) is 2.88. The van der Waals surface area contributed by atoms with Crippen molar-refractivity contribution < 1.29 is 9.85 Å². The summed E-state index contributed by atoms with van der Waals surface area (Å²) in [4.78, 5) is 20.6. The lowest BCUT2D eigenvalue weighted by atomic mass is 9.98. The predicted octanol–water partition coefficient (Wildman–Crippen LogP) is 4.70. The number of nitro benzene ring substituents is 2. The SMILES string of the molecule is O=[N+]([O-])c1cccc(C(=C(Cl)Cl)c2cccc([N+](=O)[O-])c2)c1. The minimum Gasteiger partial charge on any atom is -0.258 e. The zero-order valence-electron chi connectivity index (χ0n) is 10.9. The Morgan fingerprint density at radius 2 is 1.23 bits per heavy atom. The molecule has 0 heterocycles. The van der Waals surface area contributed by atoms with Gasteiger partial charge in [-0.25, -0.2) is 0 Å². The maximum absolute atomic E-state index is 10.9. The monoisotopic (exact) mass is 338 g/mol. The fourth-order valence-electron chi connectivity index (χ4n) is 1.93. The second-order valence-electron chi connectivity index (χ2n) is 4.25. The number of hydrogen-bond donors (Lipinski definition) is 0. The number of rotatable bonds is 4. The molecule has 0 atom stereocenters. The summed E-state index contributed by atoms with van der Waals surface area (Å²) in [6.07, 6.45) is 0. The van der Waals surface area contributed by atoms with Crippen molar-refractivity contribution >= 4 is 40.1 Å². The molecule has 0 aromatic heterocycles. The van der Waals surface area contributed by atoms with E-state index in [9.17, 15) is 20.2 Å². The molecule has 0 bridgehead atoms. The van der Waals surface area contributed by atoms with Crippen LogP contribution >= 0.6 is 23.2 Å². The lowest BCUT2D eigenvalue weighted by Gasteiger charge is -2.08. The summed E-state index contributed by atoms with van der Waals surface area (Å²) < 4.78 is -0.138. The standard InChI is InChI=1S/C14H8Cl2N2O4/c15-14(16)13(9-3-1-5-11(7-9)17(19)20)10-4-2-6-12(8-10)18(21)22/h1-8H. The molecule has 0 aliphatic heterocycles. The highest BCUT2D eigenvalue weighted by molar-refractivity contribution is 6.59. The Balaban J connectivity index is 2.60. The summed E-state index contributed by atoms with van der Waals surface area (Å²) in [5.74, 6) is 0. The highest BCUT2D eigenvalue weighted by atomic mass is 35.5. The highest BCUT2D eigenvalue weighted by Gasteiger charge is 2.16. The first-order valence-electron chi connectivity index (χ1n) is 5.95. The van der Waals surface area contributed by atoms with Crippen LogP contribution in [0.15, 0.2) is 53.0 Å². The minimum atomic E-state index is -0.545. The molecule has 8 heteroatoms. The van der Waals surface area contributed by atoms with E-state index < -0.39 is 9.85 Å². The van der Waals surface area contributed by atoms with Crippen molar-refractivity contribution in [3.05, 3.63) is 84.4 Å². The minimum absolute atomic E-state index is 0.130. The molecule has 2 rings (SSSR count). The van der Waals surface area contributed by atoms with Gasteiger partial charge < -0.3 is 0 Å². The molecular formula is C14H8Cl2N2O4. The first-order valence-corrected chi connectivity index (χ1v) is 6.70. The Bertz CT molecular complexity index is 726. The third-order valence-corrected chi connectivity index (χ3v) is 3.26. The van der Waals surface area contributed by atoms with Gasteiger partial charge in [0.05, 0.1) is 9.85 Å². The Morgan fingerprint density at radius 1 is 0.818 bits per heavy atom. The largest absolute Gasteiger partial charge is 0.270 e. The number of non-ortho nitro benzene ring substituents is 2. The van der Waals surface area contributed by atoms with Crippen molar-refractivity contribution in [2.45, 2.75) is 0 Å². The van der Waals surface area contributed by atoms with Crippen LogP contribution in [0.5, 0.6) is 0 Å². The van der Waals surface area contributed by atoms with E-state index in [2.05, 4.69) is 0 Å². The molecule has 2 aromatic rings. The average Bonchev–Trinajstić information content (AvgIpc) is 2.47. The van der Waals surface area contributed by atoms with Gasteiger partial charge in [-0.2, -0.15) is 0 Å². The van der Waals surface area contributed by atoms with Crippen LogP contribution in [0, 0.1) is 20.2 Å². The van der Waals surface area contributed by atoms with E-state index in [1.165, 1.54) is 36.4 Å². The molecule has 0 unspecified atom stereocenters. The summed E-state index contributed by atoms with van der Waals surface area (Å²) in [5.41, 5.74) is 0.824. The Kier molecular flexibility index (Phi) is 4.75. The van der Waals surface area contributed by atoms with Gasteiger partial charge in [-0.15, -0.1) is 0 Å². The molecule has 0 saturated carbocycles. The van der Waals surface area contributed by atoms with E-state index in [-0.39, 0.29) is 21.4 Å². The molecule has 0 saturated heterocycles. The van der Waals surface area contributed by atoms with E-state index in [1.807, 2.05) is 0 Å². The summed E-state index contributed by atoms with van der Waals surface area (Å²) in [6, 6.07) is 11.4. The topological polar surface area (TPSA) is 86.3 Å². The Morgan fingerprint density at radius 3 is 1.55 bits per heavy atom. The van der Waals surface area contributed by atoms with Gasteiger partial charge in [0.25, 0.3) is 11.4 Å². The lowest BCUT2D eigenvalue weighted by Crippen LogP contribution is -1.94. The van der Waals surface area contributed by atoms with E-state index in [0.717, 1.165) is 0 Å². The molecule has 0 fully saturated rings. The number of halogens is 2. The van der Waals surface area contributed by atoms with Gasteiger partial charge in [0.15, 0.2) is 0 Å². The molecule has 0 radical (unpaired) electrons. The van der Waals surface area contributed by atoms with Crippen molar-refractivity contribution in [2.24, 2.45) is 0 Å². The predicted molar refractivity (Wildman–Crippen MR) is 83.9 cm³/mol. The fourth-order valence-corrected chi connectivity index (χ4v) is 2.37. The quantitative estimate of drug-likeness (QED) is 0.597. The summed E-state index contributed by atoms with van der Waals surface area (Å²) in [7, 11) is 0. The van der Waals surface area contributed by atoms with Crippen LogP contribution < -0.4 is 0 Å². The van der Waals surface area contributed by atoms with Crippen molar-refractivity contribution in [2.75, 3.05) is 0 Å². The van der Waals surface area contributed by atoms with E-state index >= 15 is 0 Å². The van der Waals surface area contributed by atoms with Crippen molar-refractivity contribution in [3.8, 4) is 0 Å². The maximum atomic E-state index is 10.9. The highest BCUT2D eigenvalue weighted by Crippen LogP contribution is 2.33. The molecule has 22 heavy (non-hydrogen) atoms. The number of nitrogens with zero attached hydrogens (tertiary/aromatic N) is 2. The van der Waals surface area contributed by atoms with Gasteiger partial charge in [-0.05, 0) is 11.1 Å². The van der Waals surface area contributed by atoms with Crippen molar-refractivity contribution in [1.29, 1.82) is 0 Å². The number of benzene rings is 2. The van der Waals surface area contributed by atoms with Gasteiger partial charge in [0.1, 0.15) is 4.49 Å². The second kappa shape index (κ2) is 6.55. The van der Waals surface area contributed by atoms with Crippen LogP contribution in [0.3, 0.4) is 0 Å². The normalized spacial score (nSPS) is 10.1. The van der Waals surface area contributed by atoms with Crippen molar-refractivity contribution in [3.63, 3.8) is 0 Å². The molecule has 0 amide bonds. The number of nitro groups is 2. The van der Waals surface area contributed by atoms with Crippen LogP contribution in [-0.2, 0) is 0 Å². The smallest absolute Gasteiger partial charge is 0.258 e. The van der Waals surface area contributed by atoms with Crippen LogP contribution in [0.1, 0.15) is 11.1 Å².